The van der Waals surface area contributed by atoms with Gasteiger partial charge < -0.3 is 15.4 Å². The Kier molecular flexibility index (Phi) is 3.67. The molecule has 1 amide bonds. The number of benzene rings is 1. The predicted molar refractivity (Wildman–Crippen MR) is 91.7 cm³/mol. The fourth-order valence-electron chi connectivity index (χ4n) is 3.77. The number of aliphatic carboxylic acids is 1. The minimum absolute atomic E-state index is 0.137. The van der Waals surface area contributed by atoms with Gasteiger partial charge in [-0.2, -0.15) is 0 Å². The fraction of sp³-hybridized carbons (Fsp3) is 0.500. The van der Waals surface area contributed by atoms with Crippen LogP contribution >= 0.6 is 0 Å². The molecule has 0 radical (unpaired) electrons. The van der Waals surface area contributed by atoms with Gasteiger partial charge >= 0.3 is 11.7 Å². The summed E-state index contributed by atoms with van der Waals surface area (Å²) in [6, 6.07) is 5.38. The zero-order chi connectivity index (χ0) is 17.6. The Morgan fingerprint density at radius 2 is 2.00 bits per heavy atom. The van der Waals surface area contributed by atoms with Gasteiger partial charge in [0.15, 0.2) is 0 Å². The van der Waals surface area contributed by atoms with E-state index >= 15 is 0 Å². The van der Waals surface area contributed by atoms with Crippen LogP contribution in [0.25, 0.3) is 11.0 Å². The molecule has 1 aromatic heterocycles. The summed E-state index contributed by atoms with van der Waals surface area (Å²) in [7, 11) is 0. The molecule has 0 aliphatic heterocycles. The molecular weight excluding hydrogens is 322 g/mol. The first-order chi connectivity index (χ1) is 12.0. The van der Waals surface area contributed by atoms with Crippen LogP contribution < -0.4 is 11.0 Å². The van der Waals surface area contributed by atoms with Crippen LogP contribution in [0, 0.1) is 5.41 Å². The molecule has 0 saturated heterocycles. The highest BCUT2D eigenvalue weighted by Gasteiger charge is 2.50. The third-order valence-electron chi connectivity index (χ3n) is 5.56. The van der Waals surface area contributed by atoms with E-state index in [9.17, 15) is 19.5 Å². The molecule has 4 rings (SSSR count). The van der Waals surface area contributed by atoms with Gasteiger partial charge in [-0.3, -0.25) is 14.2 Å². The number of aromatic amines is 1. The average molecular weight is 343 g/mol. The van der Waals surface area contributed by atoms with Crippen molar-refractivity contribution in [1.82, 2.24) is 14.9 Å². The van der Waals surface area contributed by atoms with Crippen molar-refractivity contribution < 1.29 is 14.7 Å². The number of carboxylic acids is 1. The van der Waals surface area contributed by atoms with Crippen molar-refractivity contribution in [2.45, 2.75) is 44.6 Å². The highest BCUT2D eigenvalue weighted by Crippen LogP contribution is 2.45. The molecule has 0 atom stereocenters. The molecule has 7 nitrogen and oxygen atoms in total. The first-order valence-corrected chi connectivity index (χ1v) is 8.76. The molecule has 2 aromatic rings. The fourth-order valence-corrected chi connectivity index (χ4v) is 3.77. The van der Waals surface area contributed by atoms with Crippen molar-refractivity contribution in [3.63, 3.8) is 0 Å². The summed E-state index contributed by atoms with van der Waals surface area (Å²) in [5.74, 6) is -1.18. The number of hydrogen-bond acceptors (Lipinski definition) is 3. The van der Waals surface area contributed by atoms with E-state index < -0.39 is 11.4 Å². The minimum Gasteiger partial charge on any atom is -0.481 e. The highest BCUT2D eigenvalue weighted by molar-refractivity contribution is 5.97. The summed E-state index contributed by atoms with van der Waals surface area (Å²) < 4.78 is 1.80. The normalized spacial score (nSPS) is 19.2. The summed E-state index contributed by atoms with van der Waals surface area (Å²) in [6.07, 6.45) is 5.47. The van der Waals surface area contributed by atoms with Crippen molar-refractivity contribution in [3.05, 3.63) is 34.2 Å². The van der Waals surface area contributed by atoms with Crippen LogP contribution in [0.15, 0.2) is 23.0 Å². The average Bonchev–Trinajstić information content (AvgIpc) is 3.06. The molecule has 2 aliphatic carbocycles. The molecule has 2 aliphatic rings. The van der Waals surface area contributed by atoms with E-state index in [0.29, 0.717) is 23.9 Å². The lowest BCUT2D eigenvalue weighted by Gasteiger charge is -2.12. The Labute approximate surface area is 144 Å². The molecule has 1 heterocycles. The van der Waals surface area contributed by atoms with Crippen LogP contribution in [0.2, 0.25) is 0 Å². The number of carbonyl (C=O) groups excluding carboxylic acids is 1. The molecule has 0 bridgehead atoms. The van der Waals surface area contributed by atoms with Gasteiger partial charge in [0.1, 0.15) is 0 Å². The first kappa shape index (κ1) is 15.9. The lowest BCUT2D eigenvalue weighted by molar-refractivity contribution is -0.143. The smallest absolute Gasteiger partial charge is 0.326 e. The number of nitrogens with one attached hydrogen (secondary N) is 2. The molecule has 3 N–H and O–H groups in total. The van der Waals surface area contributed by atoms with Gasteiger partial charge in [0.2, 0.25) is 0 Å². The van der Waals surface area contributed by atoms with Crippen molar-refractivity contribution in [2.24, 2.45) is 5.41 Å². The van der Waals surface area contributed by atoms with E-state index in [-0.39, 0.29) is 24.2 Å². The number of H-pyrrole nitrogens is 1. The van der Waals surface area contributed by atoms with Crippen molar-refractivity contribution in [2.75, 3.05) is 6.54 Å². The van der Waals surface area contributed by atoms with E-state index in [1.165, 1.54) is 0 Å². The second-order valence-corrected chi connectivity index (χ2v) is 7.24. The topological polar surface area (TPSA) is 104 Å². The summed E-state index contributed by atoms with van der Waals surface area (Å²) in [5.41, 5.74) is 0.956. The SMILES string of the molecule is O=C(NCC1(C(=O)O)CC1)c1ccc2c(c1)[nH]c(=O)n2C1CCCC1. The van der Waals surface area contributed by atoms with E-state index in [4.69, 9.17) is 0 Å². The Morgan fingerprint density at radius 3 is 2.64 bits per heavy atom. The molecule has 25 heavy (non-hydrogen) atoms. The zero-order valence-corrected chi connectivity index (χ0v) is 13.9. The van der Waals surface area contributed by atoms with Gasteiger partial charge in [0.05, 0.1) is 16.4 Å². The second kappa shape index (κ2) is 5.75. The molecule has 2 fully saturated rings. The number of fused-ring (bicyclic) bond motifs is 1. The molecule has 1 aromatic carbocycles. The van der Waals surface area contributed by atoms with E-state index in [1.807, 2.05) is 0 Å². The lowest BCUT2D eigenvalue weighted by Crippen LogP contribution is -2.34. The van der Waals surface area contributed by atoms with Crippen LogP contribution in [-0.2, 0) is 4.79 Å². The van der Waals surface area contributed by atoms with Crippen molar-refractivity contribution >= 4 is 22.9 Å². The predicted octanol–water partition coefficient (Wildman–Crippen LogP) is 2.04. The number of imidazole rings is 1. The first-order valence-electron chi connectivity index (χ1n) is 8.76. The van der Waals surface area contributed by atoms with E-state index in [1.54, 1.807) is 22.8 Å². The third-order valence-corrected chi connectivity index (χ3v) is 5.56. The van der Waals surface area contributed by atoms with Crippen molar-refractivity contribution in [3.8, 4) is 0 Å². The summed E-state index contributed by atoms with van der Waals surface area (Å²) in [5, 5.41) is 11.9. The number of nitrogens with zero attached hydrogens (tertiary/aromatic N) is 1. The number of aromatic nitrogens is 2. The van der Waals surface area contributed by atoms with E-state index in [0.717, 1.165) is 31.2 Å². The Hall–Kier alpha value is -2.57. The quantitative estimate of drug-likeness (QED) is 0.772. The minimum atomic E-state index is -0.860. The number of hydrogen-bond donors (Lipinski definition) is 3. The van der Waals surface area contributed by atoms with Crippen LogP contribution in [-0.4, -0.2) is 33.1 Å². The molecular formula is C18H21N3O4. The van der Waals surface area contributed by atoms with Crippen LogP contribution in [0.5, 0.6) is 0 Å². The Bertz CT molecular complexity index is 901. The van der Waals surface area contributed by atoms with E-state index in [2.05, 4.69) is 10.3 Å². The second-order valence-electron chi connectivity index (χ2n) is 7.24. The van der Waals surface area contributed by atoms with Gasteiger partial charge in [-0.15, -0.1) is 0 Å². The van der Waals surface area contributed by atoms with Gasteiger partial charge in [0.25, 0.3) is 5.91 Å². The lowest BCUT2D eigenvalue weighted by atomic mass is 10.1. The molecule has 0 unspecified atom stereocenters. The monoisotopic (exact) mass is 343 g/mol. The van der Waals surface area contributed by atoms with Crippen LogP contribution in [0.3, 0.4) is 0 Å². The van der Waals surface area contributed by atoms with Gasteiger partial charge in [0, 0.05) is 18.2 Å². The Morgan fingerprint density at radius 1 is 1.28 bits per heavy atom. The molecule has 2 saturated carbocycles. The van der Waals surface area contributed by atoms with Crippen LogP contribution in [0.1, 0.15) is 54.9 Å². The highest BCUT2D eigenvalue weighted by atomic mass is 16.4. The molecule has 0 spiro atoms. The molecule has 132 valence electrons. The van der Waals surface area contributed by atoms with Crippen LogP contribution in [0.4, 0.5) is 0 Å². The number of rotatable bonds is 5. The van der Waals surface area contributed by atoms with Gasteiger partial charge in [-0.25, -0.2) is 4.79 Å². The largest absolute Gasteiger partial charge is 0.481 e. The van der Waals surface area contributed by atoms with Gasteiger partial charge in [-0.1, -0.05) is 12.8 Å². The Balaban J connectivity index is 1.56. The number of amides is 1. The number of carbonyl (C=O) groups is 2. The summed E-state index contributed by atoms with van der Waals surface area (Å²) in [4.78, 5) is 38.6. The molecule has 7 heteroatoms. The zero-order valence-electron chi connectivity index (χ0n) is 13.9. The maximum Gasteiger partial charge on any atom is 0.326 e. The standard InChI is InChI=1S/C18H21N3O4/c22-15(19-10-18(7-8-18)16(23)24)11-5-6-14-13(9-11)20-17(25)21(14)12-3-1-2-4-12/h5-6,9,12H,1-4,7-8,10H2,(H,19,22)(H,20,25)(H,23,24). The summed E-state index contributed by atoms with van der Waals surface area (Å²) in [6.45, 7) is 0.138. The maximum atomic E-state index is 12.3. The third kappa shape index (κ3) is 2.73. The number of carboxylic acid groups (broad SMARTS) is 1. The maximum absolute atomic E-state index is 12.3. The van der Waals surface area contributed by atoms with Crippen molar-refractivity contribution in [1.29, 1.82) is 0 Å². The van der Waals surface area contributed by atoms with Gasteiger partial charge in [-0.05, 0) is 43.9 Å². The summed E-state index contributed by atoms with van der Waals surface area (Å²) >= 11 is 0.